The van der Waals surface area contributed by atoms with Gasteiger partial charge in [-0.3, -0.25) is 9.59 Å². The lowest BCUT2D eigenvalue weighted by molar-refractivity contribution is -0.118. The molecule has 1 heterocycles. The van der Waals surface area contributed by atoms with Crippen LogP contribution in [-0.4, -0.2) is 48.6 Å². The smallest absolute Gasteiger partial charge is 0.251 e. The van der Waals surface area contributed by atoms with Crippen molar-refractivity contribution in [1.82, 2.24) is 10.6 Å². The van der Waals surface area contributed by atoms with Crippen molar-refractivity contribution in [2.45, 2.75) is 50.1 Å². The zero-order valence-electron chi connectivity index (χ0n) is 20.5. The van der Waals surface area contributed by atoms with Gasteiger partial charge in [-0.25, -0.2) is 9.38 Å². The lowest BCUT2D eigenvalue weighted by Gasteiger charge is -2.19. The van der Waals surface area contributed by atoms with Crippen LogP contribution in [0.3, 0.4) is 0 Å². The number of halogens is 2. The number of phenols is 1. The summed E-state index contributed by atoms with van der Waals surface area (Å²) in [5.41, 5.74) is 1.89. The van der Waals surface area contributed by atoms with Gasteiger partial charge < -0.3 is 21.1 Å². The maximum absolute atomic E-state index is 13.2. The molecule has 8 nitrogen and oxygen atoms in total. The number of ketones is 1. The minimum Gasteiger partial charge on any atom is -0.508 e. The van der Waals surface area contributed by atoms with E-state index in [-0.39, 0.29) is 49.1 Å². The van der Waals surface area contributed by atoms with Crippen LogP contribution in [0.4, 0.5) is 10.1 Å². The molecule has 1 unspecified atom stereocenters. The molecule has 37 heavy (non-hydrogen) atoms. The van der Waals surface area contributed by atoms with E-state index in [1.165, 1.54) is 18.2 Å². The van der Waals surface area contributed by atoms with Crippen LogP contribution in [0, 0.1) is 11.3 Å². The van der Waals surface area contributed by atoms with Crippen molar-refractivity contribution in [2.75, 3.05) is 25.0 Å². The predicted molar refractivity (Wildman–Crippen MR) is 140 cm³/mol. The molecule has 0 saturated heterocycles. The van der Waals surface area contributed by atoms with Crippen LogP contribution in [0.25, 0.3) is 0 Å². The normalized spacial score (nSPS) is 18.5. The van der Waals surface area contributed by atoms with Crippen molar-refractivity contribution in [3.8, 4) is 11.8 Å². The maximum Gasteiger partial charge on any atom is 0.251 e. The molecule has 4 N–H and O–H groups in total. The van der Waals surface area contributed by atoms with Gasteiger partial charge in [-0.15, -0.1) is 0 Å². The van der Waals surface area contributed by atoms with Gasteiger partial charge in [0.25, 0.3) is 5.91 Å². The van der Waals surface area contributed by atoms with Gasteiger partial charge in [0.1, 0.15) is 11.9 Å². The highest BCUT2D eigenvalue weighted by molar-refractivity contribution is 6.30. The summed E-state index contributed by atoms with van der Waals surface area (Å²) >= 11 is 6.34. The average Bonchev–Trinajstić information content (AvgIpc) is 3.68. The number of carbonyl (C=O) groups excluding carboxylic acids is 2. The first-order valence-corrected chi connectivity index (χ1v) is 12.6. The van der Waals surface area contributed by atoms with Crippen molar-refractivity contribution >= 4 is 34.9 Å². The van der Waals surface area contributed by atoms with Gasteiger partial charge in [-0.05, 0) is 60.6 Å². The molecule has 2 aromatic carbocycles. The number of nitriles is 1. The van der Waals surface area contributed by atoms with Gasteiger partial charge in [0.2, 0.25) is 0 Å². The molecular weight excluding hydrogens is 497 g/mol. The van der Waals surface area contributed by atoms with E-state index < -0.39 is 17.5 Å². The van der Waals surface area contributed by atoms with E-state index >= 15 is 0 Å². The Morgan fingerprint density at radius 2 is 2.08 bits per heavy atom. The third-order valence-corrected chi connectivity index (χ3v) is 6.92. The number of rotatable bonds is 9. The standard InChI is InChI=1S/C27H29ClFN5O3/c1-2-16(17-5-19(10-20(28)6-17)27(15-30)3-4-27)8-24(36)14-31-25(37)18-7-22(11-23(35)9-18)34-26-32-12-21(29)13-33-26/h5-7,9-11,16,21,35H,2-4,8,12-14H2,1H3,(H,31,37)(H2,32,33,34)/t16-/m1/s1. The number of Topliss-reactive ketones (excluding diaryl/α,β-unsaturated/α-hetero) is 1. The minimum absolute atomic E-state index is 0.0258. The monoisotopic (exact) mass is 525 g/mol. The molecule has 4 rings (SSSR count). The first-order valence-electron chi connectivity index (χ1n) is 12.3. The van der Waals surface area contributed by atoms with E-state index in [9.17, 15) is 24.3 Å². The summed E-state index contributed by atoms with van der Waals surface area (Å²) in [5, 5.41) is 28.5. The van der Waals surface area contributed by atoms with Crippen molar-refractivity contribution in [3.63, 3.8) is 0 Å². The van der Waals surface area contributed by atoms with Gasteiger partial charge in [-0.2, -0.15) is 5.26 Å². The molecule has 0 radical (unpaired) electrons. The Bertz CT molecular complexity index is 1270. The second kappa shape index (κ2) is 11.2. The molecule has 1 saturated carbocycles. The van der Waals surface area contributed by atoms with Crippen molar-refractivity contribution in [3.05, 3.63) is 58.1 Å². The summed E-state index contributed by atoms with van der Waals surface area (Å²) in [6, 6.07) is 12.2. The number of hydrogen-bond acceptors (Lipinski definition) is 7. The number of hydrogen-bond donors (Lipinski definition) is 4. The van der Waals surface area contributed by atoms with Gasteiger partial charge in [-0.1, -0.05) is 24.6 Å². The Morgan fingerprint density at radius 1 is 1.30 bits per heavy atom. The highest BCUT2D eigenvalue weighted by Gasteiger charge is 2.45. The predicted octanol–water partition coefficient (Wildman–Crippen LogP) is 4.19. The Balaban J connectivity index is 1.37. The van der Waals surface area contributed by atoms with Crippen molar-refractivity contribution in [2.24, 2.45) is 4.99 Å². The number of phenolic OH excluding ortho intramolecular Hbond substituents is 1. The van der Waals surface area contributed by atoms with Crippen molar-refractivity contribution < 1.29 is 19.1 Å². The fraction of sp³-hybridized carbons (Fsp3) is 0.407. The molecule has 1 amide bonds. The summed E-state index contributed by atoms with van der Waals surface area (Å²) < 4.78 is 13.2. The molecule has 0 aromatic heterocycles. The number of alkyl halides is 1. The average molecular weight is 526 g/mol. The molecule has 2 atom stereocenters. The molecule has 0 spiro atoms. The third kappa shape index (κ3) is 6.57. The molecule has 2 aromatic rings. The molecule has 194 valence electrons. The molecule has 0 bridgehead atoms. The largest absolute Gasteiger partial charge is 0.508 e. The molecule has 10 heteroatoms. The number of guanidine groups is 1. The van der Waals surface area contributed by atoms with Crippen LogP contribution < -0.4 is 16.0 Å². The zero-order chi connectivity index (χ0) is 26.6. The van der Waals surface area contributed by atoms with Gasteiger partial charge >= 0.3 is 0 Å². The lowest BCUT2D eigenvalue weighted by Crippen LogP contribution is -2.40. The number of carbonyl (C=O) groups is 2. The summed E-state index contributed by atoms with van der Waals surface area (Å²) in [6.07, 6.45) is 1.46. The Labute approximate surface area is 219 Å². The molecular formula is C27H29ClFN5O3. The Hall–Kier alpha value is -3.64. The number of aliphatic imine (C=N–C) groups is 1. The van der Waals surface area contributed by atoms with E-state index in [2.05, 4.69) is 27.0 Å². The number of anilines is 1. The van der Waals surface area contributed by atoms with E-state index in [4.69, 9.17) is 11.6 Å². The number of aromatic hydroxyl groups is 1. The molecule has 1 aliphatic heterocycles. The van der Waals surface area contributed by atoms with Crippen LogP contribution >= 0.6 is 11.6 Å². The van der Waals surface area contributed by atoms with Crippen molar-refractivity contribution in [1.29, 1.82) is 5.26 Å². The summed E-state index contributed by atoms with van der Waals surface area (Å²) in [4.78, 5) is 29.5. The highest BCUT2D eigenvalue weighted by atomic mass is 35.5. The Morgan fingerprint density at radius 3 is 2.73 bits per heavy atom. The first kappa shape index (κ1) is 26.4. The maximum atomic E-state index is 13.2. The summed E-state index contributed by atoms with van der Waals surface area (Å²) in [5.74, 6) is -0.561. The van der Waals surface area contributed by atoms with Gasteiger partial charge in [0.05, 0.1) is 31.1 Å². The number of nitrogens with zero attached hydrogens (tertiary/aromatic N) is 2. The second-order valence-corrected chi connectivity index (χ2v) is 10.00. The third-order valence-electron chi connectivity index (χ3n) is 6.70. The quantitative estimate of drug-likeness (QED) is 0.389. The molecule has 1 aliphatic carbocycles. The van der Waals surface area contributed by atoms with Gasteiger partial charge in [0.15, 0.2) is 11.7 Å². The molecule has 1 fully saturated rings. The molecule has 2 aliphatic rings. The van der Waals surface area contributed by atoms with E-state index in [0.717, 1.165) is 24.0 Å². The van der Waals surface area contributed by atoms with Gasteiger partial charge in [0, 0.05) is 28.8 Å². The minimum atomic E-state index is -1.06. The number of nitrogens with one attached hydrogen (secondary N) is 3. The van der Waals surface area contributed by atoms with Crippen LogP contribution in [-0.2, 0) is 10.2 Å². The number of benzene rings is 2. The Kier molecular flexibility index (Phi) is 7.98. The van der Waals surface area contributed by atoms with Crippen LogP contribution in [0.1, 0.15) is 60.0 Å². The topological polar surface area (TPSA) is 127 Å². The summed E-state index contributed by atoms with van der Waals surface area (Å²) in [7, 11) is 0. The zero-order valence-corrected chi connectivity index (χ0v) is 21.2. The first-order chi connectivity index (χ1) is 17.7. The fourth-order valence-corrected chi connectivity index (χ4v) is 4.64. The fourth-order valence-electron chi connectivity index (χ4n) is 4.39. The highest BCUT2D eigenvalue weighted by Crippen LogP contribution is 2.48. The van der Waals surface area contributed by atoms with E-state index in [1.807, 2.05) is 25.1 Å². The van der Waals surface area contributed by atoms with E-state index in [1.54, 1.807) is 0 Å². The lowest BCUT2D eigenvalue weighted by atomic mass is 9.87. The summed E-state index contributed by atoms with van der Waals surface area (Å²) in [6.45, 7) is 1.96. The number of amides is 1. The van der Waals surface area contributed by atoms with Crippen LogP contribution in [0.5, 0.6) is 5.75 Å². The SMILES string of the molecule is CC[C@H](CC(=O)CNC(=O)c1cc(O)cc(NC2=NCC(F)CN2)c1)c1cc(Cl)cc(C2(C#N)CC2)c1. The van der Waals surface area contributed by atoms with Crippen LogP contribution in [0.15, 0.2) is 41.4 Å². The van der Waals surface area contributed by atoms with E-state index in [0.29, 0.717) is 23.1 Å². The van der Waals surface area contributed by atoms with Crippen LogP contribution in [0.2, 0.25) is 5.02 Å². The second-order valence-electron chi connectivity index (χ2n) is 9.56.